The number of carbonyl (C=O) groups excluding carboxylic acids is 1. The number of aliphatic carboxylic acids is 1. The molecule has 0 bridgehead atoms. The number of rotatable bonds is 3. The lowest BCUT2D eigenvalue weighted by atomic mass is 9.89. The monoisotopic (exact) mass is 282 g/mol. The Morgan fingerprint density at radius 1 is 1.00 bits per heavy atom. The third-order valence-corrected chi connectivity index (χ3v) is 4.57. The second-order valence-electron chi connectivity index (χ2n) is 6.09. The van der Waals surface area contributed by atoms with Crippen molar-refractivity contribution in [2.24, 2.45) is 5.92 Å². The molecular weight excluding hydrogens is 256 g/mol. The summed E-state index contributed by atoms with van der Waals surface area (Å²) in [6, 6.07) is -0.839. The minimum absolute atomic E-state index is 0.190. The predicted molar refractivity (Wildman–Crippen MR) is 76.6 cm³/mol. The summed E-state index contributed by atoms with van der Waals surface area (Å²) in [5.74, 6) is -0.303. The molecule has 1 aliphatic heterocycles. The van der Waals surface area contributed by atoms with E-state index in [0.29, 0.717) is 25.4 Å². The number of carboxylic acids is 1. The molecule has 1 heterocycles. The van der Waals surface area contributed by atoms with Crippen molar-refractivity contribution in [2.45, 2.75) is 63.8 Å². The third kappa shape index (κ3) is 4.12. The first-order chi connectivity index (χ1) is 9.68. The Kier molecular flexibility index (Phi) is 5.68. The molecule has 2 aliphatic rings. The largest absolute Gasteiger partial charge is 0.480 e. The Bertz CT molecular complexity index is 340. The summed E-state index contributed by atoms with van der Waals surface area (Å²) in [6.45, 7) is 1.26. The molecule has 1 saturated heterocycles. The summed E-state index contributed by atoms with van der Waals surface area (Å²) in [5, 5.41) is 12.2. The molecule has 0 radical (unpaired) electrons. The van der Waals surface area contributed by atoms with E-state index >= 15 is 0 Å². The molecule has 5 nitrogen and oxygen atoms in total. The Labute approximate surface area is 120 Å². The van der Waals surface area contributed by atoms with Gasteiger partial charge < -0.3 is 15.3 Å². The van der Waals surface area contributed by atoms with Gasteiger partial charge in [0.05, 0.1) is 0 Å². The highest BCUT2D eigenvalue weighted by molar-refractivity contribution is 5.82. The highest BCUT2D eigenvalue weighted by Crippen LogP contribution is 2.23. The topological polar surface area (TPSA) is 69.6 Å². The fourth-order valence-corrected chi connectivity index (χ4v) is 3.33. The van der Waals surface area contributed by atoms with Gasteiger partial charge >= 0.3 is 12.0 Å². The van der Waals surface area contributed by atoms with E-state index in [0.717, 1.165) is 19.3 Å². The number of nitrogens with zero attached hydrogens (tertiary/aromatic N) is 1. The third-order valence-electron chi connectivity index (χ3n) is 4.57. The van der Waals surface area contributed by atoms with E-state index in [2.05, 4.69) is 5.32 Å². The van der Waals surface area contributed by atoms with Crippen LogP contribution in [-0.2, 0) is 4.79 Å². The molecule has 1 atom stereocenters. The highest BCUT2D eigenvalue weighted by atomic mass is 16.4. The summed E-state index contributed by atoms with van der Waals surface area (Å²) in [5.41, 5.74) is 0. The van der Waals surface area contributed by atoms with Crippen LogP contribution in [-0.4, -0.2) is 41.1 Å². The summed E-state index contributed by atoms with van der Waals surface area (Å²) in [4.78, 5) is 25.1. The maximum absolute atomic E-state index is 12.3. The molecule has 2 N–H and O–H groups in total. The van der Waals surface area contributed by atoms with E-state index in [1.165, 1.54) is 37.0 Å². The zero-order valence-electron chi connectivity index (χ0n) is 12.1. The highest BCUT2D eigenvalue weighted by Gasteiger charge is 2.30. The normalized spacial score (nSPS) is 25.0. The SMILES string of the molecule is O=C(O)C1CCCCCN1C(=O)NCC1CCCCC1. The average Bonchev–Trinajstić information content (AvgIpc) is 2.71. The van der Waals surface area contributed by atoms with Gasteiger partial charge in [-0.2, -0.15) is 0 Å². The Balaban J connectivity index is 1.86. The van der Waals surface area contributed by atoms with Gasteiger partial charge in [-0.15, -0.1) is 0 Å². The van der Waals surface area contributed by atoms with Gasteiger partial charge in [-0.3, -0.25) is 0 Å². The molecule has 0 aromatic rings. The molecule has 0 aromatic carbocycles. The second kappa shape index (κ2) is 7.50. The zero-order valence-corrected chi connectivity index (χ0v) is 12.1. The zero-order chi connectivity index (χ0) is 14.4. The summed E-state index contributed by atoms with van der Waals surface area (Å²) in [7, 11) is 0. The van der Waals surface area contributed by atoms with Crippen molar-refractivity contribution in [3.63, 3.8) is 0 Å². The second-order valence-corrected chi connectivity index (χ2v) is 6.09. The van der Waals surface area contributed by atoms with Crippen molar-refractivity contribution in [3.8, 4) is 0 Å². The fraction of sp³-hybridized carbons (Fsp3) is 0.867. The maximum atomic E-state index is 12.3. The number of amides is 2. The van der Waals surface area contributed by atoms with Crippen LogP contribution in [0.1, 0.15) is 57.8 Å². The van der Waals surface area contributed by atoms with Crippen LogP contribution < -0.4 is 5.32 Å². The van der Waals surface area contributed by atoms with Crippen LogP contribution in [0.15, 0.2) is 0 Å². The van der Waals surface area contributed by atoms with E-state index in [9.17, 15) is 14.7 Å². The van der Waals surface area contributed by atoms with Gasteiger partial charge in [0.15, 0.2) is 0 Å². The van der Waals surface area contributed by atoms with Crippen LogP contribution in [0.5, 0.6) is 0 Å². The lowest BCUT2D eigenvalue weighted by molar-refractivity contribution is -0.142. The van der Waals surface area contributed by atoms with Crippen molar-refractivity contribution in [1.82, 2.24) is 10.2 Å². The van der Waals surface area contributed by atoms with Gasteiger partial charge in [-0.05, 0) is 31.6 Å². The minimum atomic E-state index is -0.875. The smallest absolute Gasteiger partial charge is 0.326 e. The van der Waals surface area contributed by atoms with Gasteiger partial charge in [0.25, 0.3) is 0 Å². The molecule has 2 amide bonds. The summed E-state index contributed by atoms with van der Waals surface area (Å²) >= 11 is 0. The average molecular weight is 282 g/mol. The van der Waals surface area contributed by atoms with Gasteiger partial charge in [-0.1, -0.05) is 32.1 Å². The molecule has 2 fully saturated rings. The molecule has 1 aliphatic carbocycles. The first-order valence-electron chi connectivity index (χ1n) is 7.96. The molecule has 114 valence electrons. The molecule has 1 saturated carbocycles. The van der Waals surface area contributed by atoms with Crippen molar-refractivity contribution in [3.05, 3.63) is 0 Å². The lowest BCUT2D eigenvalue weighted by Crippen LogP contribution is -2.50. The standard InChI is InChI=1S/C15H26N2O3/c18-14(19)13-9-5-2-6-10-17(13)15(20)16-11-12-7-3-1-4-8-12/h12-13H,1-11H2,(H,16,20)(H,18,19). The van der Waals surface area contributed by atoms with Crippen molar-refractivity contribution in [1.29, 1.82) is 0 Å². The molecule has 1 unspecified atom stereocenters. The van der Waals surface area contributed by atoms with Crippen LogP contribution in [0, 0.1) is 5.92 Å². The lowest BCUT2D eigenvalue weighted by Gasteiger charge is -2.29. The van der Waals surface area contributed by atoms with Crippen molar-refractivity contribution < 1.29 is 14.7 Å². The van der Waals surface area contributed by atoms with Crippen LogP contribution in [0.4, 0.5) is 4.79 Å². The number of nitrogens with one attached hydrogen (secondary N) is 1. The van der Waals surface area contributed by atoms with Crippen molar-refractivity contribution in [2.75, 3.05) is 13.1 Å². The molecule has 5 heteroatoms. The Morgan fingerprint density at radius 3 is 2.35 bits per heavy atom. The van der Waals surface area contributed by atoms with E-state index < -0.39 is 12.0 Å². The quantitative estimate of drug-likeness (QED) is 0.836. The number of urea groups is 1. The maximum Gasteiger partial charge on any atom is 0.326 e. The Morgan fingerprint density at radius 2 is 1.65 bits per heavy atom. The first kappa shape index (κ1) is 15.1. The number of carbonyl (C=O) groups is 2. The molecular formula is C15H26N2O3. The van der Waals surface area contributed by atoms with Gasteiger partial charge in [0, 0.05) is 13.1 Å². The number of hydrogen-bond acceptors (Lipinski definition) is 2. The molecule has 0 aromatic heterocycles. The van der Waals surface area contributed by atoms with E-state index in [1.54, 1.807) is 0 Å². The van der Waals surface area contributed by atoms with E-state index in [-0.39, 0.29) is 6.03 Å². The minimum Gasteiger partial charge on any atom is -0.480 e. The molecule has 20 heavy (non-hydrogen) atoms. The number of likely N-dealkylation sites (tertiary alicyclic amines) is 1. The number of carboxylic acid groups (broad SMARTS) is 1. The van der Waals surface area contributed by atoms with E-state index in [1.807, 2.05) is 0 Å². The van der Waals surface area contributed by atoms with Crippen molar-refractivity contribution >= 4 is 12.0 Å². The summed E-state index contributed by atoms with van der Waals surface area (Å²) in [6.07, 6.45) is 9.55. The van der Waals surface area contributed by atoms with E-state index in [4.69, 9.17) is 0 Å². The molecule has 0 spiro atoms. The predicted octanol–water partition coefficient (Wildman–Crippen LogP) is 2.61. The fourth-order valence-electron chi connectivity index (χ4n) is 3.33. The van der Waals surface area contributed by atoms with Crippen LogP contribution in [0.2, 0.25) is 0 Å². The van der Waals surface area contributed by atoms with Crippen LogP contribution in [0.25, 0.3) is 0 Å². The number of hydrogen-bond donors (Lipinski definition) is 2. The summed E-state index contributed by atoms with van der Waals surface area (Å²) < 4.78 is 0. The van der Waals surface area contributed by atoms with Gasteiger partial charge in [0.2, 0.25) is 0 Å². The Hall–Kier alpha value is -1.26. The van der Waals surface area contributed by atoms with Crippen LogP contribution in [0.3, 0.4) is 0 Å². The molecule has 2 rings (SSSR count). The first-order valence-corrected chi connectivity index (χ1v) is 7.96. The van der Waals surface area contributed by atoms with Crippen LogP contribution >= 0.6 is 0 Å². The van der Waals surface area contributed by atoms with Gasteiger partial charge in [-0.25, -0.2) is 9.59 Å². The van der Waals surface area contributed by atoms with Gasteiger partial charge in [0.1, 0.15) is 6.04 Å².